The first-order chi connectivity index (χ1) is 9.65. The molecule has 0 amide bonds. The lowest BCUT2D eigenvalue weighted by atomic mass is 10.2. The molecule has 1 saturated carbocycles. The fourth-order valence-electron chi connectivity index (χ4n) is 1.82. The zero-order chi connectivity index (χ0) is 14.1. The number of halogens is 1. The van der Waals surface area contributed by atoms with Gasteiger partial charge in [0.05, 0.1) is 17.2 Å². The van der Waals surface area contributed by atoms with Crippen LogP contribution in [0.3, 0.4) is 0 Å². The van der Waals surface area contributed by atoms with Crippen LogP contribution in [0.15, 0.2) is 18.2 Å². The van der Waals surface area contributed by atoms with Gasteiger partial charge < -0.3 is 5.32 Å². The molecule has 1 fully saturated rings. The Bertz CT molecular complexity index is 654. The molecule has 8 nitrogen and oxygen atoms in total. The van der Waals surface area contributed by atoms with E-state index in [1.165, 1.54) is 10.7 Å². The van der Waals surface area contributed by atoms with Gasteiger partial charge in [-0.25, -0.2) is 0 Å². The van der Waals surface area contributed by atoms with Crippen molar-refractivity contribution in [3.8, 4) is 5.69 Å². The van der Waals surface area contributed by atoms with Crippen LogP contribution in [0.1, 0.15) is 18.7 Å². The number of rotatable bonds is 5. The van der Waals surface area contributed by atoms with Crippen molar-refractivity contribution in [3.63, 3.8) is 0 Å². The summed E-state index contributed by atoms with van der Waals surface area (Å²) in [5.41, 5.74) is -0.217. The molecule has 1 aromatic heterocycles. The second-order valence-electron chi connectivity index (χ2n) is 4.55. The number of hydrogen-bond donors (Lipinski definition) is 1. The number of nitrogens with one attached hydrogen (secondary N) is 1. The van der Waals surface area contributed by atoms with E-state index in [0.29, 0.717) is 24.1 Å². The van der Waals surface area contributed by atoms with E-state index in [4.69, 9.17) is 0 Å². The van der Waals surface area contributed by atoms with Crippen LogP contribution in [0.4, 0.5) is 10.1 Å². The molecule has 104 valence electrons. The molecular weight excluding hydrogens is 267 g/mol. The first-order valence-corrected chi connectivity index (χ1v) is 6.10. The van der Waals surface area contributed by atoms with E-state index >= 15 is 0 Å². The van der Waals surface area contributed by atoms with Gasteiger partial charge in [-0.2, -0.15) is 9.07 Å². The summed E-state index contributed by atoms with van der Waals surface area (Å²) in [7, 11) is 0. The van der Waals surface area contributed by atoms with Gasteiger partial charge in [0.15, 0.2) is 5.82 Å². The lowest BCUT2D eigenvalue weighted by molar-refractivity contribution is -0.387. The summed E-state index contributed by atoms with van der Waals surface area (Å²) in [6.07, 6.45) is 2.27. The molecule has 0 spiro atoms. The molecule has 3 rings (SSSR count). The zero-order valence-corrected chi connectivity index (χ0v) is 10.4. The molecule has 0 aliphatic heterocycles. The van der Waals surface area contributed by atoms with Crippen LogP contribution in [0.5, 0.6) is 0 Å². The fraction of sp³-hybridized carbons (Fsp3) is 0.364. The van der Waals surface area contributed by atoms with Crippen LogP contribution in [0.2, 0.25) is 0 Å². The average molecular weight is 278 g/mol. The molecule has 0 saturated heterocycles. The quantitative estimate of drug-likeness (QED) is 0.646. The largest absolute Gasteiger partial charge is 0.307 e. The van der Waals surface area contributed by atoms with Crippen molar-refractivity contribution < 1.29 is 9.31 Å². The molecular formula is C11H11FN6O2. The highest BCUT2D eigenvalue weighted by Crippen LogP contribution is 2.21. The first-order valence-electron chi connectivity index (χ1n) is 6.10. The van der Waals surface area contributed by atoms with Crippen LogP contribution in [-0.4, -0.2) is 31.2 Å². The summed E-state index contributed by atoms with van der Waals surface area (Å²) in [4.78, 5) is 9.81. The van der Waals surface area contributed by atoms with Gasteiger partial charge in [0, 0.05) is 18.2 Å². The van der Waals surface area contributed by atoms with Crippen molar-refractivity contribution in [3.05, 3.63) is 40.0 Å². The summed E-state index contributed by atoms with van der Waals surface area (Å²) >= 11 is 0. The molecule has 0 atom stereocenters. The fourth-order valence-corrected chi connectivity index (χ4v) is 1.82. The van der Waals surface area contributed by atoms with Gasteiger partial charge in [-0.3, -0.25) is 10.1 Å². The second-order valence-corrected chi connectivity index (χ2v) is 4.55. The highest BCUT2D eigenvalue weighted by Gasteiger charge is 2.22. The van der Waals surface area contributed by atoms with Crippen LogP contribution < -0.4 is 5.32 Å². The number of tetrazole rings is 1. The Kier molecular flexibility index (Phi) is 3.11. The van der Waals surface area contributed by atoms with Crippen LogP contribution in [-0.2, 0) is 6.54 Å². The SMILES string of the molecule is O=[N+]([O-])c1ccc(-n2nnnc2CNC2CC2)cc1F. The Morgan fingerprint density at radius 1 is 1.50 bits per heavy atom. The molecule has 1 aliphatic carbocycles. The summed E-state index contributed by atoms with van der Waals surface area (Å²) in [5, 5.41) is 25.0. The number of aromatic nitrogens is 4. The summed E-state index contributed by atoms with van der Waals surface area (Å²) in [6.45, 7) is 0.469. The normalized spacial score (nSPS) is 14.4. The minimum absolute atomic E-state index is 0.352. The topological polar surface area (TPSA) is 98.8 Å². The maximum atomic E-state index is 13.6. The van der Waals surface area contributed by atoms with Crippen LogP contribution >= 0.6 is 0 Å². The van der Waals surface area contributed by atoms with Crippen molar-refractivity contribution in [1.82, 2.24) is 25.5 Å². The smallest absolute Gasteiger partial charge is 0.304 e. The van der Waals surface area contributed by atoms with Gasteiger partial charge in [-0.05, 0) is 29.3 Å². The van der Waals surface area contributed by atoms with E-state index in [1.54, 1.807) is 0 Å². The van der Waals surface area contributed by atoms with E-state index in [9.17, 15) is 14.5 Å². The lowest BCUT2D eigenvalue weighted by Crippen LogP contribution is -2.19. The standard InChI is InChI=1S/C11H11FN6O2/c12-9-5-8(3-4-10(9)18(19)20)17-11(14-15-16-17)6-13-7-1-2-7/h3-5,7,13H,1-2,6H2. The van der Waals surface area contributed by atoms with Crippen molar-refractivity contribution in [1.29, 1.82) is 0 Å². The summed E-state index contributed by atoms with van der Waals surface area (Å²) in [6, 6.07) is 4.06. The minimum Gasteiger partial charge on any atom is -0.307 e. The molecule has 2 aromatic rings. The van der Waals surface area contributed by atoms with Gasteiger partial charge in [-0.1, -0.05) is 0 Å². The van der Waals surface area contributed by atoms with E-state index in [1.807, 2.05) is 0 Å². The Labute approximate surface area is 112 Å². The highest BCUT2D eigenvalue weighted by molar-refractivity contribution is 5.42. The number of nitro benzene ring substituents is 1. The van der Waals surface area contributed by atoms with E-state index in [0.717, 1.165) is 25.0 Å². The Balaban J connectivity index is 1.86. The van der Waals surface area contributed by atoms with E-state index < -0.39 is 16.4 Å². The molecule has 0 radical (unpaired) electrons. The molecule has 1 aromatic carbocycles. The van der Waals surface area contributed by atoms with Crippen LogP contribution in [0.25, 0.3) is 5.69 Å². The van der Waals surface area contributed by atoms with Crippen molar-refractivity contribution in [2.75, 3.05) is 0 Å². The Morgan fingerprint density at radius 2 is 2.30 bits per heavy atom. The molecule has 0 unspecified atom stereocenters. The lowest BCUT2D eigenvalue weighted by Gasteiger charge is -2.05. The third-order valence-electron chi connectivity index (χ3n) is 3.03. The number of benzene rings is 1. The van der Waals surface area contributed by atoms with Gasteiger partial charge in [0.2, 0.25) is 5.82 Å². The Hall–Kier alpha value is -2.42. The third kappa shape index (κ3) is 2.48. The van der Waals surface area contributed by atoms with E-state index in [-0.39, 0.29) is 0 Å². The van der Waals surface area contributed by atoms with E-state index in [2.05, 4.69) is 20.8 Å². The van der Waals surface area contributed by atoms with Gasteiger partial charge in [0.1, 0.15) is 0 Å². The predicted molar refractivity (Wildman–Crippen MR) is 65.6 cm³/mol. The minimum atomic E-state index is -0.913. The molecule has 9 heteroatoms. The zero-order valence-electron chi connectivity index (χ0n) is 10.4. The highest BCUT2D eigenvalue weighted by atomic mass is 19.1. The number of nitrogens with zero attached hydrogens (tertiary/aromatic N) is 5. The van der Waals surface area contributed by atoms with Crippen molar-refractivity contribution in [2.45, 2.75) is 25.4 Å². The molecule has 1 aliphatic rings. The number of hydrogen-bond acceptors (Lipinski definition) is 6. The predicted octanol–water partition coefficient (Wildman–Crippen LogP) is 0.962. The molecule has 1 heterocycles. The van der Waals surface area contributed by atoms with Gasteiger partial charge in [0.25, 0.3) is 0 Å². The van der Waals surface area contributed by atoms with Crippen molar-refractivity contribution in [2.24, 2.45) is 0 Å². The van der Waals surface area contributed by atoms with Gasteiger partial charge in [-0.15, -0.1) is 5.10 Å². The van der Waals surface area contributed by atoms with Gasteiger partial charge >= 0.3 is 5.69 Å². The number of nitro groups is 1. The average Bonchev–Trinajstić information content (AvgIpc) is 3.12. The maximum absolute atomic E-state index is 13.6. The second kappa shape index (κ2) is 4.93. The summed E-state index contributed by atoms with van der Waals surface area (Å²) in [5.74, 6) is -0.380. The Morgan fingerprint density at radius 3 is 2.95 bits per heavy atom. The monoisotopic (exact) mass is 278 g/mol. The summed E-state index contributed by atoms with van der Waals surface area (Å²) < 4.78 is 15.0. The van der Waals surface area contributed by atoms with Crippen molar-refractivity contribution >= 4 is 5.69 Å². The first kappa shape index (κ1) is 12.6. The molecule has 20 heavy (non-hydrogen) atoms. The van der Waals surface area contributed by atoms with Crippen LogP contribution in [0, 0.1) is 15.9 Å². The molecule has 1 N–H and O–H groups in total. The maximum Gasteiger partial charge on any atom is 0.304 e. The molecule has 0 bridgehead atoms. The third-order valence-corrected chi connectivity index (χ3v) is 3.03.